The van der Waals surface area contributed by atoms with Crippen molar-refractivity contribution < 1.29 is 9.53 Å². The lowest BCUT2D eigenvalue weighted by Crippen LogP contribution is -2.40. The fourth-order valence-corrected chi connectivity index (χ4v) is 7.51. The van der Waals surface area contributed by atoms with E-state index < -0.39 is 12.0 Å². The smallest absolute Gasteiger partial charge is 0.338 e. The highest BCUT2D eigenvalue weighted by Gasteiger charge is 2.33. The molecule has 8 heteroatoms. The third-order valence-corrected chi connectivity index (χ3v) is 9.62. The number of hydrogen-bond acceptors (Lipinski definition) is 6. The van der Waals surface area contributed by atoms with Gasteiger partial charge in [0.1, 0.15) is 0 Å². The van der Waals surface area contributed by atoms with E-state index in [0.717, 1.165) is 43.1 Å². The van der Waals surface area contributed by atoms with Crippen molar-refractivity contribution in [3.63, 3.8) is 0 Å². The summed E-state index contributed by atoms with van der Waals surface area (Å²) in [6, 6.07) is 29.3. The van der Waals surface area contributed by atoms with E-state index in [1.165, 1.54) is 18.4 Å². The summed E-state index contributed by atoms with van der Waals surface area (Å²) in [5, 5.41) is 2.91. The van der Waals surface area contributed by atoms with Crippen molar-refractivity contribution in [3.05, 3.63) is 144 Å². The number of carbonyl (C=O) groups is 1. The lowest BCUT2D eigenvalue weighted by molar-refractivity contribution is -0.136. The van der Waals surface area contributed by atoms with E-state index in [4.69, 9.17) is 21.3 Å². The second kappa shape index (κ2) is 12.1. The fourth-order valence-electron chi connectivity index (χ4n) is 5.29. The molecule has 0 saturated carbocycles. The van der Waals surface area contributed by atoms with Crippen molar-refractivity contribution in [1.82, 2.24) is 4.57 Å². The van der Waals surface area contributed by atoms with Crippen LogP contribution in [0.3, 0.4) is 0 Å². The minimum Gasteiger partial charge on any atom is -0.466 e. The quantitative estimate of drug-likeness (QED) is 0.149. The summed E-state index contributed by atoms with van der Waals surface area (Å²) in [7, 11) is 1.36. The van der Waals surface area contributed by atoms with Crippen LogP contribution < -0.4 is 14.9 Å². The molecule has 0 amide bonds. The van der Waals surface area contributed by atoms with Gasteiger partial charge < -0.3 is 4.74 Å². The maximum atomic E-state index is 14.0. The number of hydrogen-bond donors (Lipinski definition) is 0. The first kappa shape index (κ1) is 28.2. The van der Waals surface area contributed by atoms with Gasteiger partial charge in [-0.1, -0.05) is 103 Å². The molecule has 4 aromatic carbocycles. The van der Waals surface area contributed by atoms with Crippen LogP contribution in [0.4, 0.5) is 0 Å². The molecule has 0 saturated heterocycles. The van der Waals surface area contributed by atoms with Gasteiger partial charge in [-0.25, -0.2) is 9.79 Å². The van der Waals surface area contributed by atoms with Gasteiger partial charge in [0.25, 0.3) is 5.56 Å². The summed E-state index contributed by atoms with van der Waals surface area (Å²) in [4.78, 5) is 33.5. The highest BCUT2D eigenvalue weighted by atomic mass is 35.5. The maximum absolute atomic E-state index is 14.0. The summed E-state index contributed by atoms with van der Waals surface area (Å²) in [6.07, 6.45) is 2.48. The van der Waals surface area contributed by atoms with Crippen LogP contribution in [-0.2, 0) is 15.3 Å². The van der Waals surface area contributed by atoms with Crippen LogP contribution >= 0.6 is 34.7 Å². The summed E-state index contributed by atoms with van der Waals surface area (Å²) in [5.41, 5.74) is 3.78. The highest BCUT2D eigenvalue weighted by Crippen LogP contribution is 2.34. The van der Waals surface area contributed by atoms with Gasteiger partial charge in [0.2, 0.25) is 0 Å². The summed E-state index contributed by atoms with van der Waals surface area (Å²) < 4.78 is 7.35. The van der Waals surface area contributed by atoms with Gasteiger partial charge in [-0.15, -0.1) is 11.8 Å². The molecule has 0 aliphatic carbocycles. The predicted octanol–water partition coefficient (Wildman–Crippen LogP) is 6.90. The molecule has 1 aromatic heterocycles. The van der Waals surface area contributed by atoms with Gasteiger partial charge in [-0.3, -0.25) is 9.36 Å². The molecule has 1 aliphatic rings. The number of methoxy groups -OCH3 is 1. The molecular weight excluding hydrogens is 584 g/mol. The van der Waals surface area contributed by atoms with Crippen LogP contribution in [0.15, 0.2) is 117 Å². The SMILES string of the molecule is CCC1=C(C(=O)OC)[C@@H](c2ccccc2)n2c(s/c(=C\c3ccc(SCc4cccc(Cl)c4)c4ccccc34)c2=O)=N1. The van der Waals surface area contributed by atoms with Gasteiger partial charge in [0, 0.05) is 15.7 Å². The van der Waals surface area contributed by atoms with Crippen molar-refractivity contribution >= 4 is 57.5 Å². The van der Waals surface area contributed by atoms with E-state index in [2.05, 4.69) is 30.3 Å². The average molecular weight is 611 g/mol. The molecule has 5 nitrogen and oxygen atoms in total. The predicted molar refractivity (Wildman–Crippen MR) is 172 cm³/mol. The second-order valence-corrected chi connectivity index (χ2v) is 12.3. The zero-order chi connectivity index (χ0) is 29.2. The van der Waals surface area contributed by atoms with E-state index in [-0.39, 0.29) is 5.56 Å². The number of benzene rings is 4. The normalized spacial score (nSPS) is 15.0. The lowest BCUT2D eigenvalue weighted by atomic mass is 9.95. The zero-order valence-corrected chi connectivity index (χ0v) is 25.4. The minimum absolute atomic E-state index is 0.187. The lowest BCUT2D eigenvalue weighted by Gasteiger charge is -2.25. The van der Waals surface area contributed by atoms with E-state index in [9.17, 15) is 9.59 Å². The van der Waals surface area contributed by atoms with E-state index >= 15 is 0 Å². The number of carbonyl (C=O) groups excluding carboxylic acids is 1. The van der Waals surface area contributed by atoms with Crippen LogP contribution in [0.5, 0.6) is 0 Å². The molecular formula is C34H27ClN2O3S2. The number of esters is 1. The first-order valence-corrected chi connectivity index (χ1v) is 15.7. The van der Waals surface area contributed by atoms with Gasteiger partial charge >= 0.3 is 5.97 Å². The monoisotopic (exact) mass is 610 g/mol. The average Bonchev–Trinajstić information content (AvgIpc) is 3.33. The van der Waals surface area contributed by atoms with Crippen molar-refractivity contribution in [1.29, 1.82) is 0 Å². The first-order chi connectivity index (χ1) is 20.5. The molecule has 42 heavy (non-hydrogen) atoms. The minimum atomic E-state index is -0.617. The van der Waals surface area contributed by atoms with Crippen LogP contribution in [-0.4, -0.2) is 17.6 Å². The van der Waals surface area contributed by atoms with E-state index in [0.29, 0.717) is 27.0 Å². The number of thioether (sulfide) groups is 1. The standard InChI is InChI=1S/C34H27ClN2O3S2/c1-3-27-30(33(39)40-2)31(22-11-5-4-6-12-22)37-32(38)29(42-34(37)36-27)19-23-16-17-28(26-15-8-7-14-25(23)26)41-20-21-10-9-13-24(35)18-21/h4-19,31H,3,20H2,1-2H3/b29-19-/t31-/m1/s1. The summed E-state index contributed by atoms with van der Waals surface area (Å²) >= 11 is 9.29. The number of allylic oxidation sites excluding steroid dienone is 1. The maximum Gasteiger partial charge on any atom is 0.338 e. The van der Waals surface area contributed by atoms with Gasteiger partial charge in [-0.2, -0.15) is 0 Å². The Kier molecular flexibility index (Phi) is 8.16. The molecule has 0 bridgehead atoms. The molecule has 1 atom stereocenters. The number of thiazole rings is 1. The van der Waals surface area contributed by atoms with Gasteiger partial charge in [0.15, 0.2) is 4.80 Å². The van der Waals surface area contributed by atoms with Crippen molar-refractivity contribution in [2.24, 2.45) is 4.99 Å². The summed E-state index contributed by atoms with van der Waals surface area (Å²) in [5.74, 6) is 0.320. The molecule has 0 N–H and O–H groups in total. The van der Waals surface area contributed by atoms with Crippen molar-refractivity contribution in [2.45, 2.75) is 30.0 Å². The third-order valence-electron chi connectivity index (χ3n) is 7.25. The molecule has 2 heterocycles. The molecule has 0 spiro atoms. The molecule has 0 unspecified atom stereocenters. The largest absolute Gasteiger partial charge is 0.466 e. The molecule has 210 valence electrons. The van der Waals surface area contributed by atoms with Crippen LogP contribution in [0.1, 0.15) is 36.1 Å². The van der Waals surface area contributed by atoms with E-state index in [1.54, 1.807) is 16.3 Å². The number of rotatable bonds is 7. The van der Waals surface area contributed by atoms with Crippen LogP contribution in [0.25, 0.3) is 16.8 Å². The Bertz CT molecular complexity index is 2030. The Balaban J connectivity index is 1.47. The topological polar surface area (TPSA) is 60.7 Å². The van der Waals surface area contributed by atoms with Crippen molar-refractivity contribution in [3.8, 4) is 0 Å². The molecule has 5 aromatic rings. The fraction of sp³-hybridized carbons (Fsp3) is 0.147. The number of aromatic nitrogens is 1. The molecule has 1 aliphatic heterocycles. The van der Waals surface area contributed by atoms with Crippen LogP contribution in [0, 0.1) is 0 Å². The Morgan fingerprint density at radius 1 is 1.02 bits per heavy atom. The summed E-state index contributed by atoms with van der Waals surface area (Å²) in [6.45, 7) is 1.95. The number of ether oxygens (including phenoxy) is 1. The second-order valence-electron chi connectivity index (χ2n) is 9.82. The third kappa shape index (κ3) is 5.36. The number of nitrogens with zero attached hydrogens (tertiary/aromatic N) is 2. The number of halogens is 1. The van der Waals surface area contributed by atoms with Gasteiger partial charge in [-0.05, 0) is 58.2 Å². The highest BCUT2D eigenvalue weighted by molar-refractivity contribution is 7.98. The molecule has 0 fully saturated rings. The Hall–Kier alpha value is -3.91. The van der Waals surface area contributed by atoms with E-state index in [1.807, 2.05) is 73.7 Å². The van der Waals surface area contributed by atoms with Gasteiger partial charge in [0.05, 0.1) is 29.0 Å². The van der Waals surface area contributed by atoms with Crippen LogP contribution in [0.2, 0.25) is 5.02 Å². The number of fused-ring (bicyclic) bond motifs is 2. The zero-order valence-electron chi connectivity index (χ0n) is 23.0. The molecule has 0 radical (unpaired) electrons. The van der Waals surface area contributed by atoms with Crippen molar-refractivity contribution in [2.75, 3.05) is 7.11 Å². The molecule has 6 rings (SSSR count). The Morgan fingerprint density at radius 3 is 2.52 bits per heavy atom. The first-order valence-electron chi connectivity index (χ1n) is 13.6. The Morgan fingerprint density at radius 2 is 1.79 bits per heavy atom. The Labute approximate surface area is 256 Å².